The van der Waals surface area contributed by atoms with Crippen molar-refractivity contribution in [1.29, 1.82) is 0 Å². The quantitative estimate of drug-likeness (QED) is 0.794. The minimum atomic E-state index is -4.45. The maximum atomic E-state index is 13.0. The summed E-state index contributed by atoms with van der Waals surface area (Å²) in [5.74, 6) is -0.570. The van der Waals surface area contributed by atoms with Crippen LogP contribution in [0.25, 0.3) is 0 Å². The van der Waals surface area contributed by atoms with E-state index >= 15 is 0 Å². The van der Waals surface area contributed by atoms with Crippen molar-refractivity contribution in [3.05, 3.63) is 48.0 Å². The average molecular weight is 384 g/mol. The second-order valence-corrected chi connectivity index (χ2v) is 7.01. The molecule has 0 bridgehead atoms. The predicted octanol–water partition coefficient (Wildman–Crippen LogP) is 3.08. The summed E-state index contributed by atoms with van der Waals surface area (Å²) >= 11 is 0. The molecule has 148 valence electrons. The minimum Gasteiger partial charge on any atom is -0.364 e. The van der Waals surface area contributed by atoms with Crippen molar-refractivity contribution in [2.45, 2.75) is 38.1 Å². The van der Waals surface area contributed by atoms with Crippen molar-refractivity contribution >= 4 is 11.8 Å². The zero-order valence-electron chi connectivity index (χ0n) is 15.3. The van der Waals surface area contributed by atoms with Gasteiger partial charge in [-0.25, -0.2) is 0 Å². The van der Waals surface area contributed by atoms with Crippen LogP contribution in [-0.2, 0) is 20.5 Å². The summed E-state index contributed by atoms with van der Waals surface area (Å²) in [5, 5.41) is 2.53. The first kappa shape index (κ1) is 21.0. The predicted molar refractivity (Wildman–Crippen MR) is 93.8 cm³/mol. The second kappa shape index (κ2) is 8.12. The van der Waals surface area contributed by atoms with Gasteiger partial charge in [-0.1, -0.05) is 18.7 Å². The Morgan fingerprint density at radius 1 is 1.41 bits per heavy atom. The van der Waals surface area contributed by atoms with Crippen LogP contribution < -0.4 is 5.32 Å². The Morgan fingerprint density at radius 2 is 2.11 bits per heavy atom. The van der Waals surface area contributed by atoms with Crippen LogP contribution in [-0.4, -0.2) is 41.9 Å². The average Bonchev–Trinajstić information content (AvgIpc) is 2.59. The topological polar surface area (TPSA) is 58.6 Å². The van der Waals surface area contributed by atoms with Gasteiger partial charge in [0.25, 0.3) is 0 Å². The Hall–Kier alpha value is -2.35. The van der Waals surface area contributed by atoms with Crippen LogP contribution in [0.1, 0.15) is 37.5 Å². The van der Waals surface area contributed by atoms with E-state index in [2.05, 4.69) is 11.9 Å². The summed E-state index contributed by atoms with van der Waals surface area (Å²) < 4.78 is 44.9. The molecule has 0 aromatic heterocycles. The Bertz CT molecular complexity index is 716. The number of carbonyl (C=O) groups excluding carboxylic acids is 2. The van der Waals surface area contributed by atoms with Gasteiger partial charge >= 0.3 is 6.18 Å². The molecule has 1 unspecified atom stereocenters. The number of nitrogens with one attached hydrogen (secondary N) is 1. The number of hydrogen-bond donors (Lipinski definition) is 1. The van der Waals surface area contributed by atoms with Gasteiger partial charge in [-0.2, -0.15) is 13.2 Å². The lowest BCUT2D eigenvalue weighted by Gasteiger charge is -2.43. The molecule has 1 N–H and O–H groups in total. The lowest BCUT2D eigenvalue weighted by molar-refractivity contribution is -0.162. The first-order valence-corrected chi connectivity index (χ1v) is 8.55. The third-order valence-electron chi connectivity index (χ3n) is 4.18. The summed E-state index contributed by atoms with van der Waals surface area (Å²) in [6.07, 6.45) is -3.90. The fraction of sp³-hybridized carbons (Fsp3) is 0.474. The van der Waals surface area contributed by atoms with Crippen LogP contribution in [0.15, 0.2) is 36.9 Å². The molecule has 8 heteroatoms. The number of morpholine rings is 1. The summed E-state index contributed by atoms with van der Waals surface area (Å²) in [4.78, 5) is 25.2. The van der Waals surface area contributed by atoms with Gasteiger partial charge in [0.15, 0.2) is 0 Å². The molecule has 2 amide bonds. The number of rotatable bonds is 5. The van der Waals surface area contributed by atoms with Crippen LogP contribution in [0.3, 0.4) is 0 Å². The molecule has 1 aromatic rings. The number of amides is 2. The van der Waals surface area contributed by atoms with Gasteiger partial charge in [-0.05, 0) is 37.6 Å². The molecule has 1 aliphatic rings. The Morgan fingerprint density at radius 3 is 2.74 bits per heavy atom. The highest BCUT2D eigenvalue weighted by molar-refractivity contribution is 5.87. The van der Waals surface area contributed by atoms with Gasteiger partial charge in [-0.3, -0.25) is 9.59 Å². The zero-order valence-corrected chi connectivity index (χ0v) is 15.3. The molecule has 1 fully saturated rings. The number of benzene rings is 1. The van der Waals surface area contributed by atoms with E-state index in [1.807, 2.05) is 0 Å². The lowest BCUT2D eigenvalue weighted by atomic mass is 9.99. The fourth-order valence-electron chi connectivity index (χ4n) is 2.99. The zero-order chi connectivity index (χ0) is 20.2. The van der Waals surface area contributed by atoms with E-state index in [0.717, 1.165) is 18.2 Å². The second-order valence-electron chi connectivity index (χ2n) is 7.01. The number of hydrogen-bond acceptors (Lipinski definition) is 3. The van der Waals surface area contributed by atoms with Crippen LogP contribution in [0, 0.1) is 0 Å². The summed E-state index contributed by atoms with van der Waals surface area (Å²) in [5.41, 5.74) is -1.09. The summed E-state index contributed by atoms with van der Waals surface area (Å²) in [6.45, 7) is 7.53. The van der Waals surface area contributed by atoms with E-state index in [4.69, 9.17) is 4.74 Å². The molecule has 1 heterocycles. The van der Waals surface area contributed by atoms with Crippen molar-refractivity contribution in [3.63, 3.8) is 0 Å². The molecule has 0 radical (unpaired) electrons. The molecule has 0 aliphatic carbocycles. The maximum absolute atomic E-state index is 13.0. The molecule has 1 saturated heterocycles. The maximum Gasteiger partial charge on any atom is 0.416 e. The lowest BCUT2D eigenvalue weighted by Crippen LogP contribution is -2.52. The van der Waals surface area contributed by atoms with Crippen molar-refractivity contribution in [2.24, 2.45) is 0 Å². The number of halogens is 3. The van der Waals surface area contributed by atoms with E-state index in [0.29, 0.717) is 12.1 Å². The third-order valence-corrected chi connectivity index (χ3v) is 4.18. The highest BCUT2D eigenvalue weighted by Crippen LogP contribution is 2.35. The van der Waals surface area contributed by atoms with Crippen LogP contribution in [0.4, 0.5) is 13.2 Å². The molecule has 1 aromatic carbocycles. The summed E-state index contributed by atoms with van der Waals surface area (Å²) in [7, 11) is 0. The summed E-state index contributed by atoms with van der Waals surface area (Å²) in [6, 6.07) is 4.95. The number of nitrogens with zero attached hydrogens (tertiary/aromatic N) is 1. The Labute approximate surface area is 156 Å². The molecule has 1 aliphatic heterocycles. The fourth-order valence-corrected chi connectivity index (χ4v) is 2.99. The minimum absolute atomic E-state index is 0.0883. The molecule has 27 heavy (non-hydrogen) atoms. The van der Waals surface area contributed by atoms with E-state index in [1.54, 1.807) is 24.8 Å². The van der Waals surface area contributed by atoms with Crippen LogP contribution >= 0.6 is 0 Å². The van der Waals surface area contributed by atoms with Crippen molar-refractivity contribution in [2.75, 3.05) is 19.6 Å². The smallest absolute Gasteiger partial charge is 0.364 e. The van der Waals surface area contributed by atoms with E-state index < -0.39 is 23.4 Å². The third kappa shape index (κ3) is 5.82. The van der Waals surface area contributed by atoms with Crippen molar-refractivity contribution in [3.8, 4) is 0 Å². The standard InChI is InChI=1S/C19H23F3N2O3/c1-4-16(25)23-9-8-17(26)24-11-15(27-18(2,3)12-24)13-6-5-7-14(10-13)19(20,21)22/h4-7,10,15H,1,8-9,11-12H2,2-3H3,(H,23,25). The van der Waals surface area contributed by atoms with Crippen molar-refractivity contribution in [1.82, 2.24) is 10.2 Å². The normalized spacial score (nSPS) is 19.4. The Kier molecular flexibility index (Phi) is 6.30. The van der Waals surface area contributed by atoms with Gasteiger partial charge in [0.2, 0.25) is 11.8 Å². The number of carbonyl (C=O) groups is 2. The van der Waals surface area contributed by atoms with Crippen LogP contribution in [0.5, 0.6) is 0 Å². The molecular formula is C19H23F3N2O3. The molecule has 0 spiro atoms. The van der Waals surface area contributed by atoms with Gasteiger partial charge < -0.3 is 15.0 Å². The van der Waals surface area contributed by atoms with Gasteiger partial charge in [0.1, 0.15) is 6.10 Å². The number of alkyl halides is 3. The van der Waals surface area contributed by atoms with Crippen LogP contribution in [0.2, 0.25) is 0 Å². The van der Waals surface area contributed by atoms with Gasteiger partial charge in [0, 0.05) is 19.5 Å². The van der Waals surface area contributed by atoms with E-state index in [-0.39, 0.29) is 31.3 Å². The van der Waals surface area contributed by atoms with E-state index in [9.17, 15) is 22.8 Å². The SMILES string of the molecule is C=CC(=O)NCCC(=O)N1CC(c2cccc(C(F)(F)F)c2)OC(C)(C)C1. The molecule has 1 atom stereocenters. The monoisotopic (exact) mass is 384 g/mol. The first-order chi connectivity index (χ1) is 12.5. The number of ether oxygens (including phenoxy) is 1. The van der Waals surface area contributed by atoms with Gasteiger partial charge in [-0.15, -0.1) is 0 Å². The van der Waals surface area contributed by atoms with Gasteiger partial charge in [0.05, 0.1) is 17.7 Å². The Balaban J connectivity index is 2.12. The largest absolute Gasteiger partial charge is 0.416 e. The molecular weight excluding hydrogens is 361 g/mol. The van der Waals surface area contributed by atoms with Crippen molar-refractivity contribution < 1.29 is 27.5 Å². The van der Waals surface area contributed by atoms with E-state index in [1.165, 1.54) is 6.07 Å². The molecule has 0 saturated carbocycles. The highest BCUT2D eigenvalue weighted by Gasteiger charge is 2.37. The first-order valence-electron chi connectivity index (χ1n) is 8.55. The molecule has 2 rings (SSSR count). The molecule has 5 nitrogen and oxygen atoms in total. The highest BCUT2D eigenvalue weighted by atomic mass is 19.4.